The van der Waals surface area contributed by atoms with Crippen molar-refractivity contribution in [3.05, 3.63) is 98.1 Å². The molecule has 2 saturated heterocycles. The number of ether oxygens (including phenoxy) is 2. The molecule has 15 heteroatoms. The van der Waals surface area contributed by atoms with Crippen LogP contribution < -0.4 is 19.3 Å². The topological polar surface area (TPSA) is 200 Å². The maximum atomic E-state index is 14.4. The standard InChI is InChI=1S/C34H28N4O11/c1-48-25-13-20(39)14-26(49-2)30(25)28-21-9-10-22-27(33(42)35(31(22)40)16-5-3-7-18(11-16)37(44)45)23(21)15-24-29(28)34(43)36(32(24)41)17-6-4-8-19(12-17)38(46)47/h3-9,11-14,22-24,27-29,39H,10,15H2,1-2H3/t22-,23+,24+,27-,28-,29+/m0/s1. The molecule has 0 bridgehead atoms. The first-order valence-corrected chi connectivity index (χ1v) is 15.4. The molecule has 15 nitrogen and oxygen atoms in total. The number of rotatable bonds is 7. The number of nitro groups is 2. The van der Waals surface area contributed by atoms with Gasteiger partial charge in [0.25, 0.3) is 11.4 Å². The average Bonchev–Trinajstić information content (AvgIpc) is 3.50. The first kappa shape index (κ1) is 31.5. The van der Waals surface area contributed by atoms with Crippen LogP contribution >= 0.6 is 0 Å². The summed E-state index contributed by atoms with van der Waals surface area (Å²) in [6.45, 7) is 0. The van der Waals surface area contributed by atoms with E-state index in [-0.39, 0.29) is 52.8 Å². The highest BCUT2D eigenvalue weighted by atomic mass is 16.6. The fourth-order valence-electron chi connectivity index (χ4n) is 8.14. The first-order valence-electron chi connectivity index (χ1n) is 15.4. The molecule has 0 unspecified atom stereocenters. The fourth-order valence-corrected chi connectivity index (χ4v) is 8.14. The molecule has 1 N–H and O–H groups in total. The number of allylic oxidation sites excluding steroid dienone is 2. The number of carbonyl (C=O) groups is 4. The lowest BCUT2D eigenvalue weighted by Crippen LogP contribution is -2.43. The van der Waals surface area contributed by atoms with Crippen LogP contribution in [-0.4, -0.2) is 52.8 Å². The molecule has 49 heavy (non-hydrogen) atoms. The molecule has 3 fully saturated rings. The molecule has 4 aliphatic rings. The van der Waals surface area contributed by atoms with Crippen molar-refractivity contribution in [2.75, 3.05) is 24.0 Å². The SMILES string of the molecule is COc1cc(O)cc(OC)c1[C@H]1C2=CC[C@@H]3C(=O)N(c4cccc([N+](=O)[O-])c4)C(=O)[C@@H]3[C@@H]2C[C@H]2C(=O)N(c3cccc([N+](=O)[O-])c3)C(=O)[C@@H]12. The Hall–Kier alpha value is -6.12. The zero-order chi connectivity index (χ0) is 34.9. The molecule has 2 aliphatic carbocycles. The second-order valence-electron chi connectivity index (χ2n) is 12.4. The van der Waals surface area contributed by atoms with Gasteiger partial charge in [-0.2, -0.15) is 0 Å². The molecule has 1 saturated carbocycles. The Morgan fingerprint density at radius 2 is 1.22 bits per heavy atom. The van der Waals surface area contributed by atoms with Crippen LogP contribution in [0.3, 0.4) is 0 Å². The number of fused-ring (bicyclic) bond motifs is 4. The monoisotopic (exact) mass is 668 g/mol. The molecule has 250 valence electrons. The summed E-state index contributed by atoms with van der Waals surface area (Å²) in [5.41, 5.74) is 0.407. The highest BCUT2D eigenvalue weighted by molar-refractivity contribution is 6.24. The number of carbonyl (C=O) groups excluding carboxylic acids is 4. The summed E-state index contributed by atoms with van der Waals surface area (Å²) in [6, 6.07) is 13.1. The van der Waals surface area contributed by atoms with Crippen molar-refractivity contribution in [3.63, 3.8) is 0 Å². The number of non-ortho nitro benzene ring substituents is 2. The third-order valence-corrected chi connectivity index (χ3v) is 10.1. The second kappa shape index (κ2) is 11.5. The second-order valence-corrected chi connectivity index (χ2v) is 12.4. The largest absolute Gasteiger partial charge is 0.508 e. The number of imide groups is 2. The Kier molecular flexibility index (Phi) is 7.41. The number of aromatic hydroxyl groups is 1. The lowest BCUT2D eigenvalue weighted by atomic mass is 9.57. The number of benzene rings is 3. The van der Waals surface area contributed by atoms with Crippen LogP contribution in [-0.2, 0) is 19.2 Å². The molecule has 6 atom stereocenters. The average molecular weight is 669 g/mol. The predicted octanol–water partition coefficient (Wildman–Crippen LogP) is 4.27. The molecule has 3 aromatic rings. The maximum absolute atomic E-state index is 14.4. The first-order chi connectivity index (χ1) is 23.5. The molecule has 2 heterocycles. The molecule has 0 radical (unpaired) electrons. The van der Waals surface area contributed by atoms with E-state index in [0.717, 1.165) is 21.9 Å². The van der Waals surface area contributed by atoms with Crippen LogP contribution in [0.25, 0.3) is 0 Å². The van der Waals surface area contributed by atoms with Crippen LogP contribution in [0.5, 0.6) is 17.2 Å². The van der Waals surface area contributed by atoms with Crippen molar-refractivity contribution in [1.82, 2.24) is 0 Å². The van der Waals surface area contributed by atoms with Gasteiger partial charge in [0.1, 0.15) is 17.2 Å². The summed E-state index contributed by atoms with van der Waals surface area (Å²) in [4.78, 5) is 80.4. The molecule has 7 rings (SSSR count). The fraction of sp³-hybridized carbons (Fsp3) is 0.294. The van der Waals surface area contributed by atoms with Crippen LogP contribution in [0.1, 0.15) is 24.3 Å². The van der Waals surface area contributed by atoms with E-state index in [2.05, 4.69) is 0 Å². The van der Waals surface area contributed by atoms with Gasteiger partial charge in [-0.25, -0.2) is 9.80 Å². The number of amides is 4. The van der Waals surface area contributed by atoms with Crippen molar-refractivity contribution < 1.29 is 43.6 Å². The van der Waals surface area contributed by atoms with Gasteiger partial charge in [-0.15, -0.1) is 0 Å². The van der Waals surface area contributed by atoms with Crippen molar-refractivity contribution in [2.24, 2.45) is 29.6 Å². The van der Waals surface area contributed by atoms with Gasteiger partial charge in [-0.1, -0.05) is 23.8 Å². The van der Waals surface area contributed by atoms with Crippen LogP contribution in [0.15, 0.2) is 72.3 Å². The zero-order valence-corrected chi connectivity index (χ0v) is 26.0. The summed E-state index contributed by atoms with van der Waals surface area (Å²) in [5, 5.41) is 33.5. The number of methoxy groups -OCH3 is 2. The van der Waals surface area contributed by atoms with Gasteiger partial charge in [0.2, 0.25) is 23.6 Å². The number of nitrogens with zero attached hydrogens (tertiary/aromatic N) is 4. The summed E-state index contributed by atoms with van der Waals surface area (Å²) in [7, 11) is 2.74. The Morgan fingerprint density at radius 1 is 0.714 bits per heavy atom. The normalized spacial score (nSPS) is 25.8. The van der Waals surface area contributed by atoms with Crippen molar-refractivity contribution in [2.45, 2.75) is 18.8 Å². The highest BCUT2D eigenvalue weighted by Gasteiger charge is 2.63. The highest BCUT2D eigenvalue weighted by Crippen LogP contribution is 2.61. The molecular weight excluding hydrogens is 640 g/mol. The minimum atomic E-state index is -1.06. The van der Waals surface area contributed by atoms with Crippen LogP contribution in [0.2, 0.25) is 0 Å². The van der Waals surface area contributed by atoms with Gasteiger partial charge >= 0.3 is 0 Å². The predicted molar refractivity (Wildman–Crippen MR) is 170 cm³/mol. The van der Waals surface area contributed by atoms with Crippen LogP contribution in [0, 0.1) is 49.8 Å². The van der Waals surface area contributed by atoms with E-state index in [9.17, 15) is 44.5 Å². The molecule has 0 spiro atoms. The third kappa shape index (κ3) is 4.71. The maximum Gasteiger partial charge on any atom is 0.271 e. The van der Waals surface area contributed by atoms with Crippen molar-refractivity contribution in [1.29, 1.82) is 0 Å². The van der Waals surface area contributed by atoms with Gasteiger partial charge in [-0.3, -0.25) is 39.4 Å². The number of anilines is 2. The van der Waals surface area contributed by atoms with Crippen LogP contribution in [0.4, 0.5) is 22.7 Å². The Morgan fingerprint density at radius 3 is 1.73 bits per heavy atom. The summed E-state index contributed by atoms with van der Waals surface area (Å²) in [5.74, 6) is -7.74. The number of phenolic OH excluding ortho intramolecular Hbond substituents is 1. The van der Waals surface area contributed by atoms with Gasteiger partial charge in [0, 0.05) is 47.9 Å². The minimum absolute atomic E-state index is 0.00861. The molecule has 4 amide bonds. The lowest BCUT2D eigenvalue weighted by Gasteiger charge is -2.44. The minimum Gasteiger partial charge on any atom is -0.508 e. The molecule has 3 aromatic carbocycles. The molecular formula is C34H28N4O11. The van der Waals surface area contributed by atoms with E-state index >= 15 is 0 Å². The quantitative estimate of drug-likeness (QED) is 0.163. The summed E-state index contributed by atoms with van der Waals surface area (Å²) in [6.07, 6.45) is 1.92. The summed E-state index contributed by atoms with van der Waals surface area (Å²) < 4.78 is 11.3. The lowest BCUT2D eigenvalue weighted by molar-refractivity contribution is -0.385. The van der Waals surface area contributed by atoms with Gasteiger partial charge in [0.05, 0.1) is 59.1 Å². The smallest absolute Gasteiger partial charge is 0.271 e. The Labute approximate surface area is 277 Å². The van der Waals surface area contributed by atoms with E-state index in [0.29, 0.717) is 11.1 Å². The van der Waals surface area contributed by atoms with Gasteiger partial charge in [0.15, 0.2) is 0 Å². The number of hydrogen-bond acceptors (Lipinski definition) is 11. The molecule has 2 aliphatic heterocycles. The number of hydrogen-bond donors (Lipinski definition) is 1. The van der Waals surface area contributed by atoms with E-state index in [1.807, 2.05) is 0 Å². The molecule has 0 aromatic heterocycles. The van der Waals surface area contributed by atoms with Gasteiger partial charge in [-0.05, 0) is 30.9 Å². The van der Waals surface area contributed by atoms with E-state index in [1.165, 1.54) is 62.8 Å². The van der Waals surface area contributed by atoms with Crippen molar-refractivity contribution >= 4 is 46.4 Å². The summed E-state index contributed by atoms with van der Waals surface area (Å²) >= 11 is 0. The zero-order valence-electron chi connectivity index (χ0n) is 26.0. The Bertz CT molecular complexity index is 2000. The van der Waals surface area contributed by atoms with E-state index in [4.69, 9.17) is 9.47 Å². The number of phenols is 1. The van der Waals surface area contributed by atoms with E-state index < -0.39 is 69.0 Å². The Balaban J connectivity index is 1.38. The van der Waals surface area contributed by atoms with Gasteiger partial charge < -0.3 is 14.6 Å². The van der Waals surface area contributed by atoms with E-state index in [1.54, 1.807) is 6.08 Å². The number of nitro benzene ring substituents is 2. The third-order valence-electron chi connectivity index (χ3n) is 10.1. The van der Waals surface area contributed by atoms with Crippen molar-refractivity contribution in [3.8, 4) is 17.2 Å².